The van der Waals surface area contributed by atoms with E-state index in [0.717, 1.165) is 25.2 Å². The number of aryl methyl sites for hydroxylation is 1. The Kier molecular flexibility index (Phi) is 5.12. The predicted molar refractivity (Wildman–Crippen MR) is 80.8 cm³/mol. The fourth-order valence-corrected chi connectivity index (χ4v) is 2.61. The summed E-state index contributed by atoms with van der Waals surface area (Å²) in [6.07, 6.45) is 5.34. The van der Waals surface area contributed by atoms with E-state index in [4.69, 9.17) is 0 Å². The summed E-state index contributed by atoms with van der Waals surface area (Å²) < 4.78 is 0. The third kappa shape index (κ3) is 3.79. The van der Waals surface area contributed by atoms with Crippen LogP contribution in [0.15, 0.2) is 18.3 Å². The van der Waals surface area contributed by atoms with Gasteiger partial charge >= 0.3 is 0 Å². The number of hydrogen-bond acceptors (Lipinski definition) is 3. The molecule has 0 aromatic carbocycles. The molecule has 1 unspecified atom stereocenters. The second-order valence-corrected chi connectivity index (χ2v) is 5.89. The first-order valence-electron chi connectivity index (χ1n) is 7.55. The number of pyridine rings is 1. The van der Waals surface area contributed by atoms with Gasteiger partial charge in [0, 0.05) is 30.5 Å². The number of amides is 1. The lowest BCUT2D eigenvalue weighted by Gasteiger charge is -2.33. The van der Waals surface area contributed by atoms with E-state index in [1.165, 1.54) is 12.8 Å². The maximum absolute atomic E-state index is 12.6. The number of nitrogens with one attached hydrogen (secondary N) is 1. The van der Waals surface area contributed by atoms with Crippen LogP contribution in [0.4, 0.5) is 0 Å². The zero-order valence-corrected chi connectivity index (χ0v) is 12.7. The molecule has 20 heavy (non-hydrogen) atoms. The molecule has 2 heterocycles. The zero-order chi connectivity index (χ0) is 14.5. The number of hydrogen-bond donors (Lipinski definition) is 1. The highest BCUT2D eigenvalue weighted by Crippen LogP contribution is 2.13. The van der Waals surface area contributed by atoms with Crippen LogP contribution >= 0.6 is 0 Å². The first-order valence-corrected chi connectivity index (χ1v) is 7.55. The molecule has 0 spiro atoms. The van der Waals surface area contributed by atoms with Gasteiger partial charge < -0.3 is 10.2 Å². The van der Waals surface area contributed by atoms with E-state index in [2.05, 4.69) is 24.1 Å². The predicted octanol–water partition coefficient (Wildman–Crippen LogP) is 2.38. The molecule has 1 aromatic heterocycles. The van der Waals surface area contributed by atoms with Gasteiger partial charge in [-0.1, -0.05) is 6.42 Å². The van der Waals surface area contributed by atoms with Gasteiger partial charge in [0.25, 0.3) is 5.91 Å². The minimum Gasteiger partial charge on any atom is -0.335 e. The lowest BCUT2D eigenvalue weighted by molar-refractivity contribution is 0.0676. The van der Waals surface area contributed by atoms with Gasteiger partial charge in [-0.25, -0.2) is 0 Å². The fraction of sp³-hybridized carbons (Fsp3) is 0.625. The van der Waals surface area contributed by atoms with Crippen molar-refractivity contribution >= 4 is 5.91 Å². The van der Waals surface area contributed by atoms with Crippen molar-refractivity contribution < 1.29 is 4.79 Å². The van der Waals surface area contributed by atoms with Crippen LogP contribution in [0.25, 0.3) is 0 Å². The minimum atomic E-state index is 0.0832. The molecule has 4 heteroatoms. The molecule has 0 aliphatic carbocycles. The summed E-state index contributed by atoms with van der Waals surface area (Å²) in [4.78, 5) is 18.8. The van der Waals surface area contributed by atoms with Crippen molar-refractivity contribution in [3.63, 3.8) is 0 Å². The Labute approximate surface area is 121 Å². The Morgan fingerprint density at radius 2 is 2.25 bits per heavy atom. The van der Waals surface area contributed by atoms with Crippen molar-refractivity contribution in [1.29, 1.82) is 0 Å². The van der Waals surface area contributed by atoms with Crippen LogP contribution in [0.5, 0.6) is 0 Å². The van der Waals surface area contributed by atoms with Crippen LogP contribution in [-0.2, 0) is 0 Å². The third-order valence-electron chi connectivity index (χ3n) is 3.87. The van der Waals surface area contributed by atoms with Crippen LogP contribution in [0.2, 0.25) is 0 Å². The molecular formula is C16H25N3O. The van der Waals surface area contributed by atoms with Gasteiger partial charge in [0.1, 0.15) is 0 Å². The molecule has 1 saturated heterocycles. The van der Waals surface area contributed by atoms with Gasteiger partial charge in [0.2, 0.25) is 0 Å². The van der Waals surface area contributed by atoms with Crippen LogP contribution in [0.1, 0.15) is 49.2 Å². The van der Waals surface area contributed by atoms with Crippen LogP contribution in [0, 0.1) is 6.92 Å². The lowest BCUT2D eigenvalue weighted by Crippen LogP contribution is -2.48. The van der Waals surface area contributed by atoms with Crippen LogP contribution in [0.3, 0.4) is 0 Å². The number of rotatable bonds is 4. The monoisotopic (exact) mass is 275 g/mol. The van der Waals surface area contributed by atoms with E-state index >= 15 is 0 Å². The number of piperidine rings is 1. The molecule has 1 atom stereocenters. The van der Waals surface area contributed by atoms with E-state index < -0.39 is 0 Å². The quantitative estimate of drug-likeness (QED) is 0.917. The van der Waals surface area contributed by atoms with Gasteiger partial charge in [-0.3, -0.25) is 9.78 Å². The lowest BCUT2D eigenvalue weighted by atomic mass is 10.0. The number of aromatic nitrogens is 1. The van der Waals surface area contributed by atoms with Crippen molar-refractivity contribution in [2.45, 2.75) is 52.1 Å². The number of nitrogens with zero attached hydrogens (tertiary/aromatic N) is 2. The molecule has 1 amide bonds. The molecule has 0 saturated carbocycles. The molecule has 2 rings (SSSR count). The first kappa shape index (κ1) is 15.0. The first-order chi connectivity index (χ1) is 9.58. The zero-order valence-electron chi connectivity index (χ0n) is 12.7. The summed E-state index contributed by atoms with van der Waals surface area (Å²) in [5.41, 5.74) is 1.62. The van der Waals surface area contributed by atoms with Crippen LogP contribution < -0.4 is 5.32 Å². The van der Waals surface area contributed by atoms with Crippen LogP contribution in [-0.4, -0.2) is 41.0 Å². The molecule has 0 bridgehead atoms. The molecule has 1 aliphatic rings. The minimum absolute atomic E-state index is 0.0832. The Bertz CT molecular complexity index is 436. The average molecular weight is 275 g/mol. The Balaban J connectivity index is 2.07. The van der Waals surface area contributed by atoms with Gasteiger partial charge in [-0.05, 0) is 52.3 Å². The molecule has 110 valence electrons. The van der Waals surface area contributed by atoms with Gasteiger partial charge in [-0.15, -0.1) is 0 Å². The van der Waals surface area contributed by atoms with Crippen molar-refractivity contribution in [3.05, 3.63) is 29.6 Å². The Hall–Kier alpha value is -1.42. The SMILES string of the molecule is Cc1ccc(C(=O)N(CC2CCCCN2)C(C)C)cn1. The van der Waals surface area contributed by atoms with Crippen molar-refractivity contribution in [1.82, 2.24) is 15.2 Å². The second kappa shape index (κ2) is 6.84. The van der Waals surface area contributed by atoms with Gasteiger partial charge in [-0.2, -0.15) is 0 Å². The van der Waals surface area contributed by atoms with Crippen molar-refractivity contribution in [2.24, 2.45) is 0 Å². The normalized spacial score (nSPS) is 19.1. The molecule has 1 aliphatic heterocycles. The maximum Gasteiger partial charge on any atom is 0.255 e. The summed E-state index contributed by atoms with van der Waals surface area (Å²) in [6, 6.07) is 4.39. The molecular weight excluding hydrogens is 250 g/mol. The molecule has 1 N–H and O–H groups in total. The summed E-state index contributed by atoms with van der Waals surface area (Å²) in [5.74, 6) is 0.0832. The highest BCUT2D eigenvalue weighted by atomic mass is 16.2. The number of carbonyl (C=O) groups excluding carboxylic acids is 1. The largest absolute Gasteiger partial charge is 0.335 e. The highest BCUT2D eigenvalue weighted by Gasteiger charge is 2.23. The molecule has 0 radical (unpaired) electrons. The Morgan fingerprint density at radius 1 is 1.45 bits per heavy atom. The van der Waals surface area contributed by atoms with Crippen molar-refractivity contribution in [2.75, 3.05) is 13.1 Å². The van der Waals surface area contributed by atoms with Gasteiger partial charge in [0.05, 0.1) is 5.56 Å². The number of carbonyl (C=O) groups is 1. The molecule has 4 nitrogen and oxygen atoms in total. The smallest absolute Gasteiger partial charge is 0.255 e. The topological polar surface area (TPSA) is 45.2 Å². The van der Waals surface area contributed by atoms with Gasteiger partial charge in [0.15, 0.2) is 0 Å². The highest BCUT2D eigenvalue weighted by molar-refractivity contribution is 5.94. The second-order valence-electron chi connectivity index (χ2n) is 5.89. The standard InChI is InChI=1S/C16H25N3O/c1-12(2)19(11-15-6-4-5-9-17-15)16(20)14-8-7-13(3)18-10-14/h7-8,10,12,15,17H,4-6,9,11H2,1-3H3. The fourth-order valence-electron chi connectivity index (χ4n) is 2.61. The maximum atomic E-state index is 12.6. The summed E-state index contributed by atoms with van der Waals surface area (Å²) >= 11 is 0. The van der Waals surface area contributed by atoms with E-state index in [-0.39, 0.29) is 11.9 Å². The van der Waals surface area contributed by atoms with E-state index in [1.807, 2.05) is 24.0 Å². The van der Waals surface area contributed by atoms with Crippen molar-refractivity contribution in [3.8, 4) is 0 Å². The summed E-state index contributed by atoms with van der Waals surface area (Å²) in [6.45, 7) is 7.92. The average Bonchev–Trinajstić information content (AvgIpc) is 2.45. The van der Waals surface area contributed by atoms with E-state index in [9.17, 15) is 4.79 Å². The van der Waals surface area contributed by atoms with E-state index in [0.29, 0.717) is 11.6 Å². The Morgan fingerprint density at radius 3 is 2.80 bits per heavy atom. The van der Waals surface area contributed by atoms with E-state index in [1.54, 1.807) is 6.20 Å². The third-order valence-corrected chi connectivity index (χ3v) is 3.87. The molecule has 1 aromatic rings. The summed E-state index contributed by atoms with van der Waals surface area (Å²) in [5, 5.41) is 3.51. The molecule has 1 fully saturated rings. The summed E-state index contributed by atoms with van der Waals surface area (Å²) in [7, 11) is 0.